The predicted molar refractivity (Wildman–Crippen MR) is 126 cm³/mol. The zero-order valence-electron chi connectivity index (χ0n) is 18.8. The monoisotopic (exact) mass is 455 g/mol. The quantitative estimate of drug-likeness (QED) is 0.633. The Labute approximate surface area is 194 Å². The summed E-state index contributed by atoms with van der Waals surface area (Å²) >= 11 is 5.92. The topological polar surface area (TPSA) is 90.3 Å². The minimum atomic E-state index is -0.360. The fraction of sp³-hybridized carbons (Fsp3) is 0.458. The summed E-state index contributed by atoms with van der Waals surface area (Å²) in [6.07, 6.45) is 3.29. The van der Waals surface area contributed by atoms with Crippen molar-refractivity contribution in [2.24, 2.45) is 5.41 Å². The number of methoxy groups -OCH3 is 1. The lowest BCUT2D eigenvalue weighted by Gasteiger charge is -2.39. The van der Waals surface area contributed by atoms with Crippen molar-refractivity contribution >= 4 is 23.3 Å². The van der Waals surface area contributed by atoms with E-state index in [0.29, 0.717) is 16.5 Å². The molecule has 2 atom stereocenters. The van der Waals surface area contributed by atoms with Crippen LogP contribution in [0.2, 0.25) is 5.02 Å². The van der Waals surface area contributed by atoms with Gasteiger partial charge in [-0.15, -0.1) is 0 Å². The molecule has 170 valence electrons. The van der Waals surface area contributed by atoms with Crippen LogP contribution < -0.4 is 15.4 Å². The molecule has 1 aliphatic rings. The zero-order chi connectivity index (χ0) is 23.1. The maximum Gasteiger partial charge on any atom is 0.319 e. The van der Waals surface area contributed by atoms with Gasteiger partial charge in [0.15, 0.2) is 0 Å². The van der Waals surface area contributed by atoms with Gasteiger partial charge in [0, 0.05) is 41.5 Å². The number of nitrogens with one attached hydrogen (secondary N) is 2. The molecule has 3 rings (SSSR count). The Hall–Kier alpha value is -2.82. The molecule has 0 radical (unpaired) electrons. The smallest absolute Gasteiger partial charge is 0.319 e. The third kappa shape index (κ3) is 6.59. The van der Waals surface area contributed by atoms with Crippen molar-refractivity contribution in [1.29, 1.82) is 5.26 Å². The number of rotatable bonds is 7. The highest BCUT2D eigenvalue weighted by Gasteiger charge is 2.33. The maximum absolute atomic E-state index is 12.7. The van der Waals surface area contributed by atoms with E-state index >= 15 is 0 Å². The molecule has 0 bridgehead atoms. The molecule has 1 aliphatic heterocycles. The molecule has 2 amide bonds. The number of ether oxygens (including phenoxy) is 1. The van der Waals surface area contributed by atoms with Crippen LogP contribution in [0.1, 0.15) is 38.3 Å². The number of hydrogen-bond acceptors (Lipinski definition) is 5. The van der Waals surface area contributed by atoms with Crippen LogP contribution >= 0.6 is 11.6 Å². The molecule has 2 heterocycles. The summed E-state index contributed by atoms with van der Waals surface area (Å²) < 4.78 is 5.24. The highest BCUT2D eigenvalue weighted by Crippen LogP contribution is 2.29. The van der Waals surface area contributed by atoms with E-state index < -0.39 is 0 Å². The molecule has 1 aromatic heterocycles. The van der Waals surface area contributed by atoms with Gasteiger partial charge in [0.1, 0.15) is 5.75 Å². The van der Waals surface area contributed by atoms with Crippen LogP contribution in [0.25, 0.3) is 0 Å². The average Bonchev–Trinajstić information content (AvgIpc) is 2.80. The van der Waals surface area contributed by atoms with Gasteiger partial charge in [-0.1, -0.05) is 11.6 Å². The van der Waals surface area contributed by atoms with Crippen LogP contribution in [0.5, 0.6) is 5.75 Å². The first-order valence-corrected chi connectivity index (χ1v) is 11.1. The first kappa shape index (κ1) is 23.8. The normalized spacial score (nSPS) is 19.1. The number of carbonyl (C=O) groups is 1. The number of nitrogens with zero attached hydrogens (tertiary/aromatic N) is 3. The van der Waals surface area contributed by atoms with Crippen LogP contribution in [0.3, 0.4) is 0 Å². The van der Waals surface area contributed by atoms with E-state index in [1.807, 2.05) is 26.0 Å². The number of piperidine rings is 1. The second kappa shape index (κ2) is 10.7. The first-order chi connectivity index (χ1) is 15.3. The number of halogens is 1. The molecule has 7 nitrogen and oxygen atoms in total. The highest BCUT2D eigenvalue weighted by atomic mass is 35.5. The lowest BCUT2D eigenvalue weighted by molar-refractivity contribution is 0.161. The Morgan fingerprint density at radius 2 is 2.06 bits per heavy atom. The summed E-state index contributed by atoms with van der Waals surface area (Å²) in [5, 5.41) is 15.9. The summed E-state index contributed by atoms with van der Waals surface area (Å²) in [7, 11) is 1.61. The number of aromatic nitrogens is 1. The third-order valence-electron chi connectivity index (χ3n) is 5.85. The van der Waals surface area contributed by atoms with E-state index in [0.717, 1.165) is 38.2 Å². The Morgan fingerprint density at radius 1 is 1.31 bits per heavy atom. The summed E-state index contributed by atoms with van der Waals surface area (Å²) in [6, 6.07) is 12.9. The molecule has 0 aliphatic carbocycles. The van der Waals surface area contributed by atoms with Gasteiger partial charge in [-0.2, -0.15) is 5.26 Å². The molecule has 8 heteroatoms. The van der Waals surface area contributed by atoms with E-state index in [1.54, 1.807) is 37.6 Å². The maximum atomic E-state index is 12.7. The molecule has 32 heavy (non-hydrogen) atoms. The second-order valence-corrected chi connectivity index (χ2v) is 9.21. The lowest BCUT2D eigenvalue weighted by Crippen LogP contribution is -2.51. The van der Waals surface area contributed by atoms with E-state index in [4.69, 9.17) is 16.3 Å². The number of carbonyl (C=O) groups excluding carboxylic acids is 1. The van der Waals surface area contributed by atoms with E-state index in [1.165, 1.54) is 0 Å². The fourth-order valence-corrected chi connectivity index (χ4v) is 3.92. The molecule has 2 aromatic rings. The van der Waals surface area contributed by atoms with Crippen molar-refractivity contribution in [2.45, 2.75) is 38.6 Å². The van der Waals surface area contributed by atoms with Gasteiger partial charge in [0.2, 0.25) is 0 Å². The van der Waals surface area contributed by atoms with Gasteiger partial charge in [0.25, 0.3) is 0 Å². The number of urea groups is 1. The van der Waals surface area contributed by atoms with Crippen molar-refractivity contribution in [2.75, 3.05) is 32.1 Å². The van der Waals surface area contributed by atoms with Crippen molar-refractivity contribution in [3.05, 3.63) is 53.3 Å². The van der Waals surface area contributed by atoms with Gasteiger partial charge < -0.3 is 20.3 Å². The number of likely N-dealkylation sites (tertiary alicyclic amines) is 1. The number of anilines is 1. The Morgan fingerprint density at radius 3 is 2.69 bits per heavy atom. The average molecular weight is 456 g/mol. The molecule has 1 fully saturated rings. The number of benzene rings is 1. The highest BCUT2D eigenvalue weighted by molar-refractivity contribution is 6.30. The van der Waals surface area contributed by atoms with Gasteiger partial charge in [-0.3, -0.25) is 4.98 Å². The third-order valence-corrected chi connectivity index (χ3v) is 6.10. The first-order valence-electron chi connectivity index (χ1n) is 10.8. The van der Waals surface area contributed by atoms with Crippen LogP contribution in [0.4, 0.5) is 10.5 Å². The molecule has 2 N–H and O–H groups in total. The lowest BCUT2D eigenvalue weighted by atomic mass is 9.87. The molecule has 1 saturated heterocycles. The van der Waals surface area contributed by atoms with Crippen molar-refractivity contribution < 1.29 is 9.53 Å². The summed E-state index contributed by atoms with van der Waals surface area (Å²) in [4.78, 5) is 19.6. The number of pyridine rings is 1. The minimum Gasteiger partial charge on any atom is -0.495 e. The summed E-state index contributed by atoms with van der Waals surface area (Å²) in [5.74, 6) is 0.720. The standard InChI is InChI=1S/C24H30ClN5O2/c1-24(2,16-26)11-13-30-12-10-22(20(15-30)21-9-8-19(32-3)14-27-21)29-23(31)28-18-6-4-17(25)5-7-18/h4-9,14,20,22H,10-13,15H2,1-3H3,(H2,28,29,31)/t20-,22+/m0/s1. The summed E-state index contributed by atoms with van der Waals surface area (Å²) in [5.41, 5.74) is 1.23. The van der Waals surface area contributed by atoms with Gasteiger partial charge >= 0.3 is 6.03 Å². The second-order valence-electron chi connectivity index (χ2n) is 8.78. The Bertz CT molecular complexity index is 940. The van der Waals surface area contributed by atoms with Crippen LogP contribution in [-0.2, 0) is 0 Å². The van der Waals surface area contributed by atoms with E-state index in [9.17, 15) is 10.1 Å². The molecular formula is C24H30ClN5O2. The fourth-order valence-electron chi connectivity index (χ4n) is 3.79. The van der Waals surface area contributed by atoms with Crippen molar-refractivity contribution in [1.82, 2.24) is 15.2 Å². The minimum absolute atomic E-state index is 0.0239. The van der Waals surface area contributed by atoms with Crippen molar-refractivity contribution in [3.63, 3.8) is 0 Å². The Kier molecular flexibility index (Phi) is 7.94. The molecule has 0 spiro atoms. The van der Waals surface area contributed by atoms with Gasteiger partial charge in [-0.05, 0) is 69.6 Å². The SMILES string of the molecule is COc1ccc([C@@H]2CN(CCC(C)(C)C#N)CC[C@H]2NC(=O)Nc2ccc(Cl)cc2)nc1. The van der Waals surface area contributed by atoms with Crippen LogP contribution in [0.15, 0.2) is 42.6 Å². The summed E-state index contributed by atoms with van der Waals surface area (Å²) in [6.45, 7) is 6.36. The van der Waals surface area contributed by atoms with Crippen LogP contribution in [-0.4, -0.2) is 48.7 Å². The zero-order valence-corrected chi connectivity index (χ0v) is 19.5. The number of hydrogen-bond donors (Lipinski definition) is 2. The predicted octanol–water partition coefficient (Wildman–Crippen LogP) is 4.66. The largest absolute Gasteiger partial charge is 0.495 e. The Balaban J connectivity index is 1.70. The van der Waals surface area contributed by atoms with Gasteiger partial charge in [-0.25, -0.2) is 4.79 Å². The molecule has 0 saturated carbocycles. The molecule has 0 unspecified atom stereocenters. The number of nitriles is 1. The molecular weight excluding hydrogens is 426 g/mol. The number of amides is 2. The van der Waals surface area contributed by atoms with E-state index in [2.05, 4.69) is 26.6 Å². The van der Waals surface area contributed by atoms with Gasteiger partial charge in [0.05, 0.1) is 24.8 Å². The van der Waals surface area contributed by atoms with E-state index in [-0.39, 0.29) is 23.4 Å². The molecule has 1 aromatic carbocycles. The van der Waals surface area contributed by atoms with Crippen LogP contribution in [0, 0.1) is 16.7 Å². The van der Waals surface area contributed by atoms with Crippen molar-refractivity contribution in [3.8, 4) is 11.8 Å².